The molecule has 6 heteroatoms. The van der Waals surface area contributed by atoms with Gasteiger partial charge in [-0.15, -0.1) is 0 Å². The Labute approximate surface area is 95.9 Å². The van der Waals surface area contributed by atoms with Gasteiger partial charge in [-0.25, -0.2) is 8.42 Å². The first kappa shape index (κ1) is 11.6. The maximum atomic E-state index is 12.2. The van der Waals surface area contributed by atoms with Gasteiger partial charge in [-0.3, -0.25) is 0 Å². The van der Waals surface area contributed by atoms with E-state index in [0.717, 1.165) is 0 Å². The van der Waals surface area contributed by atoms with E-state index < -0.39 is 10.0 Å². The Hall–Kier alpha value is -0.850. The van der Waals surface area contributed by atoms with Gasteiger partial charge in [0.15, 0.2) is 0 Å². The van der Waals surface area contributed by atoms with E-state index in [9.17, 15) is 8.42 Å². The molecule has 0 unspecified atom stereocenters. The SMILES string of the molecule is CC1(C)CN(S(=O)(=O)c2ccc[nH]2)CCN1. The zero-order chi connectivity index (χ0) is 11.8. The molecular formula is C10H17N3O2S. The van der Waals surface area contributed by atoms with E-state index in [0.29, 0.717) is 19.6 Å². The number of H-pyrrole nitrogens is 1. The predicted molar refractivity (Wildman–Crippen MR) is 61.6 cm³/mol. The Morgan fingerprint density at radius 3 is 2.75 bits per heavy atom. The number of nitrogens with one attached hydrogen (secondary N) is 2. The largest absolute Gasteiger partial charge is 0.351 e. The summed E-state index contributed by atoms with van der Waals surface area (Å²) in [5.74, 6) is 0. The van der Waals surface area contributed by atoms with Gasteiger partial charge >= 0.3 is 0 Å². The van der Waals surface area contributed by atoms with E-state index >= 15 is 0 Å². The lowest BCUT2D eigenvalue weighted by Gasteiger charge is -2.37. The van der Waals surface area contributed by atoms with Crippen molar-refractivity contribution in [3.05, 3.63) is 18.3 Å². The van der Waals surface area contributed by atoms with Gasteiger partial charge in [-0.1, -0.05) is 0 Å². The second-order valence-corrected chi connectivity index (χ2v) is 6.59. The van der Waals surface area contributed by atoms with Crippen LogP contribution < -0.4 is 5.32 Å². The van der Waals surface area contributed by atoms with Crippen LogP contribution >= 0.6 is 0 Å². The molecule has 0 bridgehead atoms. The number of nitrogens with zero attached hydrogens (tertiary/aromatic N) is 1. The molecule has 0 aliphatic carbocycles. The summed E-state index contributed by atoms with van der Waals surface area (Å²) in [6.07, 6.45) is 1.63. The number of aromatic amines is 1. The number of aromatic nitrogens is 1. The van der Waals surface area contributed by atoms with Crippen LogP contribution in [0.1, 0.15) is 13.8 Å². The van der Waals surface area contributed by atoms with Crippen LogP contribution in [0.5, 0.6) is 0 Å². The van der Waals surface area contributed by atoms with Gasteiger partial charge in [-0.2, -0.15) is 4.31 Å². The number of rotatable bonds is 2. The summed E-state index contributed by atoms with van der Waals surface area (Å²) >= 11 is 0. The van der Waals surface area contributed by atoms with E-state index in [1.54, 1.807) is 18.3 Å². The van der Waals surface area contributed by atoms with Gasteiger partial charge in [0.2, 0.25) is 0 Å². The topological polar surface area (TPSA) is 65.2 Å². The van der Waals surface area contributed by atoms with E-state index in [1.807, 2.05) is 13.8 Å². The number of sulfonamides is 1. The molecule has 0 saturated carbocycles. The summed E-state index contributed by atoms with van der Waals surface area (Å²) in [4.78, 5) is 2.75. The molecule has 16 heavy (non-hydrogen) atoms. The van der Waals surface area contributed by atoms with E-state index in [-0.39, 0.29) is 10.6 Å². The molecule has 1 aliphatic rings. The van der Waals surface area contributed by atoms with E-state index in [2.05, 4.69) is 10.3 Å². The fourth-order valence-corrected chi connectivity index (χ4v) is 3.48. The summed E-state index contributed by atoms with van der Waals surface area (Å²) in [6, 6.07) is 3.28. The molecule has 0 radical (unpaired) electrons. The molecule has 90 valence electrons. The Bertz CT molecular complexity index is 450. The van der Waals surface area contributed by atoms with Gasteiger partial charge in [0.25, 0.3) is 10.0 Å². The molecule has 0 spiro atoms. The van der Waals surface area contributed by atoms with Crippen molar-refractivity contribution in [1.29, 1.82) is 0 Å². The minimum Gasteiger partial charge on any atom is -0.351 e. The fraction of sp³-hybridized carbons (Fsp3) is 0.600. The van der Waals surface area contributed by atoms with Crippen LogP contribution in [0.4, 0.5) is 0 Å². The minimum absolute atomic E-state index is 0.169. The van der Waals surface area contributed by atoms with Crippen LogP contribution in [0, 0.1) is 0 Å². The lowest BCUT2D eigenvalue weighted by molar-refractivity contribution is 0.233. The lowest BCUT2D eigenvalue weighted by Crippen LogP contribution is -2.58. The first-order valence-electron chi connectivity index (χ1n) is 5.30. The van der Waals surface area contributed by atoms with Crippen LogP contribution in [-0.2, 0) is 10.0 Å². The Morgan fingerprint density at radius 1 is 1.44 bits per heavy atom. The Balaban J connectivity index is 2.25. The summed E-state index contributed by atoms with van der Waals surface area (Å²) in [5, 5.41) is 3.56. The lowest BCUT2D eigenvalue weighted by atomic mass is 10.0. The minimum atomic E-state index is -3.35. The van der Waals surface area contributed by atoms with Crippen LogP contribution in [-0.4, -0.2) is 42.9 Å². The third kappa shape index (κ3) is 2.14. The normalized spacial score (nSPS) is 22.1. The smallest absolute Gasteiger partial charge is 0.258 e. The van der Waals surface area contributed by atoms with Crippen molar-refractivity contribution >= 4 is 10.0 Å². The maximum absolute atomic E-state index is 12.2. The van der Waals surface area contributed by atoms with Gasteiger partial charge in [-0.05, 0) is 26.0 Å². The number of hydrogen-bond acceptors (Lipinski definition) is 3. The molecule has 2 rings (SSSR count). The molecule has 2 N–H and O–H groups in total. The Kier molecular flexibility index (Phi) is 2.81. The van der Waals surface area contributed by atoms with Crippen molar-refractivity contribution < 1.29 is 8.42 Å². The molecule has 2 heterocycles. The third-order valence-electron chi connectivity index (χ3n) is 2.72. The van der Waals surface area contributed by atoms with Crippen LogP contribution in [0.25, 0.3) is 0 Å². The molecule has 5 nitrogen and oxygen atoms in total. The molecule has 1 aromatic rings. The molecule has 0 atom stereocenters. The summed E-state index contributed by atoms with van der Waals surface area (Å²) in [5.41, 5.74) is -0.169. The Morgan fingerprint density at radius 2 is 2.19 bits per heavy atom. The highest BCUT2D eigenvalue weighted by Gasteiger charge is 2.34. The molecule has 0 aromatic carbocycles. The van der Waals surface area contributed by atoms with Crippen LogP contribution in [0.2, 0.25) is 0 Å². The zero-order valence-electron chi connectivity index (χ0n) is 9.53. The molecule has 1 aromatic heterocycles. The quantitative estimate of drug-likeness (QED) is 0.789. The predicted octanol–water partition coefficient (Wildman–Crippen LogP) is 0.387. The summed E-state index contributed by atoms with van der Waals surface area (Å²) in [6.45, 7) is 5.71. The fourth-order valence-electron chi connectivity index (χ4n) is 1.91. The van der Waals surface area contributed by atoms with Crippen molar-refractivity contribution in [2.45, 2.75) is 24.4 Å². The number of piperazine rings is 1. The second kappa shape index (κ2) is 3.87. The van der Waals surface area contributed by atoms with Crippen LogP contribution in [0.3, 0.4) is 0 Å². The highest BCUT2D eigenvalue weighted by molar-refractivity contribution is 7.89. The van der Waals surface area contributed by atoms with Crippen molar-refractivity contribution in [3.8, 4) is 0 Å². The zero-order valence-corrected chi connectivity index (χ0v) is 10.3. The van der Waals surface area contributed by atoms with Crippen LogP contribution in [0.15, 0.2) is 23.4 Å². The maximum Gasteiger partial charge on any atom is 0.258 e. The highest BCUT2D eigenvalue weighted by Crippen LogP contribution is 2.18. The molecule has 1 aliphatic heterocycles. The number of hydrogen-bond donors (Lipinski definition) is 2. The molecule has 0 amide bonds. The van der Waals surface area contributed by atoms with Crippen molar-refractivity contribution in [3.63, 3.8) is 0 Å². The van der Waals surface area contributed by atoms with Crippen molar-refractivity contribution in [2.75, 3.05) is 19.6 Å². The molecule has 1 saturated heterocycles. The average Bonchev–Trinajstić information content (AvgIpc) is 2.69. The third-order valence-corrected chi connectivity index (χ3v) is 4.52. The average molecular weight is 243 g/mol. The summed E-state index contributed by atoms with van der Waals surface area (Å²) in [7, 11) is -3.35. The van der Waals surface area contributed by atoms with E-state index in [1.165, 1.54) is 4.31 Å². The van der Waals surface area contributed by atoms with Gasteiger partial charge < -0.3 is 10.3 Å². The molecule has 1 fully saturated rings. The molecular weight excluding hydrogens is 226 g/mol. The second-order valence-electron chi connectivity index (χ2n) is 4.68. The van der Waals surface area contributed by atoms with Gasteiger partial charge in [0, 0.05) is 31.4 Å². The summed E-state index contributed by atoms with van der Waals surface area (Å²) < 4.78 is 25.9. The van der Waals surface area contributed by atoms with Gasteiger partial charge in [0.1, 0.15) is 5.03 Å². The van der Waals surface area contributed by atoms with Crippen molar-refractivity contribution in [1.82, 2.24) is 14.6 Å². The highest BCUT2D eigenvalue weighted by atomic mass is 32.2. The first-order chi connectivity index (χ1) is 7.42. The van der Waals surface area contributed by atoms with Gasteiger partial charge in [0.05, 0.1) is 0 Å². The van der Waals surface area contributed by atoms with Crippen molar-refractivity contribution in [2.24, 2.45) is 0 Å². The standard InChI is InChI=1S/C10H17N3O2S/c1-10(2)8-13(7-6-12-10)16(14,15)9-4-3-5-11-9/h3-5,11-12H,6-8H2,1-2H3. The first-order valence-corrected chi connectivity index (χ1v) is 6.74. The monoisotopic (exact) mass is 243 g/mol. The van der Waals surface area contributed by atoms with E-state index in [4.69, 9.17) is 0 Å².